The molecule has 0 saturated heterocycles. The lowest BCUT2D eigenvalue weighted by molar-refractivity contribution is 0.102. The van der Waals surface area contributed by atoms with Crippen LogP contribution in [0.15, 0.2) is 28.8 Å². The van der Waals surface area contributed by atoms with E-state index in [0.717, 1.165) is 0 Å². The normalized spacial score (nSPS) is 10.9. The monoisotopic (exact) mass is 249 g/mol. The summed E-state index contributed by atoms with van der Waals surface area (Å²) in [7, 11) is 3.71. The molecule has 0 radical (unpaired) electrons. The Bertz CT molecular complexity index is 549. The lowest BCUT2D eigenvalue weighted by atomic mass is 10.1. The van der Waals surface area contributed by atoms with Crippen LogP contribution in [-0.2, 0) is 6.54 Å². The molecule has 2 aromatic rings. The molecule has 0 atom stereocenters. The summed E-state index contributed by atoms with van der Waals surface area (Å²) in [6.07, 6.45) is 0. The van der Waals surface area contributed by atoms with E-state index in [1.54, 1.807) is 0 Å². The maximum absolute atomic E-state index is 12.7. The van der Waals surface area contributed by atoms with Gasteiger partial charge in [0.2, 0.25) is 17.5 Å². The molecule has 5 nitrogen and oxygen atoms in total. The molecule has 0 fully saturated rings. The number of benzene rings is 1. The lowest BCUT2D eigenvalue weighted by Gasteiger charge is -2.02. The van der Waals surface area contributed by atoms with Crippen molar-refractivity contribution in [3.8, 4) is 0 Å². The van der Waals surface area contributed by atoms with E-state index < -0.39 is 5.82 Å². The Labute approximate surface area is 103 Å². The van der Waals surface area contributed by atoms with Crippen molar-refractivity contribution in [2.75, 3.05) is 14.1 Å². The molecule has 0 aliphatic heterocycles. The van der Waals surface area contributed by atoms with Gasteiger partial charge in [-0.25, -0.2) is 4.39 Å². The smallest absolute Gasteiger partial charge is 0.243 e. The van der Waals surface area contributed by atoms with Crippen LogP contribution >= 0.6 is 0 Å². The van der Waals surface area contributed by atoms with Gasteiger partial charge in [0.25, 0.3) is 0 Å². The second-order valence-electron chi connectivity index (χ2n) is 4.09. The number of rotatable bonds is 4. The first kappa shape index (κ1) is 12.4. The molecule has 94 valence electrons. The van der Waals surface area contributed by atoms with Crippen molar-refractivity contribution in [1.82, 2.24) is 15.0 Å². The van der Waals surface area contributed by atoms with Crippen molar-refractivity contribution in [3.63, 3.8) is 0 Å². The van der Waals surface area contributed by atoms with Gasteiger partial charge in [0.15, 0.2) is 0 Å². The summed E-state index contributed by atoms with van der Waals surface area (Å²) in [5.41, 5.74) is 0.327. The minimum absolute atomic E-state index is 0.0153. The van der Waals surface area contributed by atoms with E-state index in [-0.39, 0.29) is 11.6 Å². The van der Waals surface area contributed by atoms with Crippen molar-refractivity contribution in [2.45, 2.75) is 6.54 Å². The second kappa shape index (κ2) is 5.05. The van der Waals surface area contributed by atoms with Crippen LogP contribution in [0.4, 0.5) is 4.39 Å². The van der Waals surface area contributed by atoms with Crippen molar-refractivity contribution < 1.29 is 13.7 Å². The first-order valence-electron chi connectivity index (χ1n) is 5.34. The summed E-state index contributed by atoms with van der Waals surface area (Å²) in [4.78, 5) is 17.8. The predicted octanol–water partition coefficient (Wildman–Crippen LogP) is 1.50. The molecule has 0 spiro atoms. The number of ketones is 1. The topological polar surface area (TPSA) is 59.2 Å². The minimum Gasteiger partial charge on any atom is -0.337 e. The summed E-state index contributed by atoms with van der Waals surface area (Å²) in [6, 6.07) is 5.21. The molecule has 0 saturated carbocycles. The molecule has 1 aromatic carbocycles. The van der Waals surface area contributed by atoms with Crippen LogP contribution in [-0.4, -0.2) is 34.9 Å². The standard InChI is InChI=1S/C12H12FN3O2/c1-16(2)7-10-14-12(15-18-10)11(17)8-3-5-9(13)6-4-8/h3-6H,7H2,1-2H3. The Hall–Kier alpha value is -2.08. The molecule has 0 aliphatic rings. The molecule has 6 heteroatoms. The van der Waals surface area contributed by atoms with E-state index in [1.165, 1.54) is 24.3 Å². The molecule has 0 amide bonds. The predicted molar refractivity (Wildman–Crippen MR) is 61.5 cm³/mol. The first-order valence-corrected chi connectivity index (χ1v) is 5.34. The Morgan fingerprint density at radius 3 is 2.61 bits per heavy atom. The molecule has 2 rings (SSSR count). The maximum atomic E-state index is 12.7. The molecule has 1 aromatic heterocycles. The summed E-state index contributed by atoms with van der Waals surface area (Å²) in [5.74, 6) is -0.430. The van der Waals surface area contributed by atoms with Gasteiger partial charge in [-0.2, -0.15) is 4.98 Å². The fourth-order valence-electron chi connectivity index (χ4n) is 1.41. The molecule has 0 bridgehead atoms. The number of halogens is 1. The third kappa shape index (κ3) is 2.78. The lowest BCUT2D eigenvalue weighted by Crippen LogP contribution is -2.11. The van der Waals surface area contributed by atoms with Crippen molar-refractivity contribution in [1.29, 1.82) is 0 Å². The maximum Gasteiger partial charge on any atom is 0.243 e. The molecule has 0 aliphatic carbocycles. The zero-order valence-corrected chi connectivity index (χ0v) is 10.1. The highest BCUT2D eigenvalue weighted by Gasteiger charge is 2.16. The molecule has 0 N–H and O–H groups in total. The Morgan fingerprint density at radius 1 is 1.33 bits per heavy atom. The van der Waals surface area contributed by atoms with Crippen LogP contribution in [0.2, 0.25) is 0 Å². The Kier molecular flexibility index (Phi) is 3.47. The van der Waals surface area contributed by atoms with Crippen LogP contribution in [0, 0.1) is 5.82 Å². The number of carbonyl (C=O) groups excluding carboxylic acids is 1. The first-order chi connectivity index (χ1) is 8.56. The van der Waals surface area contributed by atoms with E-state index in [0.29, 0.717) is 18.0 Å². The highest BCUT2D eigenvalue weighted by atomic mass is 19.1. The van der Waals surface area contributed by atoms with E-state index in [1.807, 2.05) is 19.0 Å². The van der Waals surface area contributed by atoms with Gasteiger partial charge in [-0.15, -0.1) is 0 Å². The Balaban J connectivity index is 2.18. The van der Waals surface area contributed by atoms with Crippen LogP contribution in [0.3, 0.4) is 0 Å². The van der Waals surface area contributed by atoms with Gasteiger partial charge in [0, 0.05) is 5.56 Å². The summed E-state index contributed by atoms with van der Waals surface area (Å²) in [6.45, 7) is 0.462. The fraction of sp³-hybridized carbons (Fsp3) is 0.250. The van der Waals surface area contributed by atoms with E-state index in [2.05, 4.69) is 10.1 Å². The van der Waals surface area contributed by atoms with Gasteiger partial charge in [-0.1, -0.05) is 5.16 Å². The van der Waals surface area contributed by atoms with E-state index >= 15 is 0 Å². The zero-order chi connectivity index (χ0) is 13.1. The molecule has 18 heavy (non-hydrogen) atoms. The van der Waals surface area contributed by atoms with Gasteiger partial charge in [-0.05, 0) is 38.4 Å². The number of aromatic nitrogens is 2. The third-order valence-electron chi connectivity index (χ3n) is 2.23. The van der Waals surface area contributed by atoms with Gasteiger partial charge in [-0.3, -0.25) is 4.79 Å². The number of carbonyl (C=O) groups is 1. The van der Waals surface area contributed by atoms with Crippen LogP contribution in [0.1, 0.15) is 22.1 Å². The van der Waals surface area contributed by atoms with Gasteiger partial charge >= 0.3 is 0 Å². The van der Waals surface area contributed by atoms with E-state index in [9.17, 15) is 9.18 Å². The minimum atomic E-state index is -0.395. The molecule has 1 heterocycles. The van der Waals surface area contributed by atoms with Crippen molar-refractivity contribution in [3.05, 3.63) is 47.4 Å². The number of nitrogens with zero attached hydrogens (tertiary/aromatic N) is 3. The largest absolute Gasteiger partial charge is 0.337 e. The van der Waals surface area contributed by atoms with Crippen LogP contribution in [0.5, 0.6) is 0 Å². The average molecular weight is 249 g/mol. The van der Waals surface area contributed by atoms with Crippen molar-refractivity contribution >= 4 is 5.78 Å². The summed E-state index contributed by atoms with van der Waals surface area (Å²) >= 11 is 0. The Morgan fingerprint density at radius 2 is 2.00 bits per heavy atom. The quantitative estimate of drug-likeness (QED) is 0.768. The third-order valence-corrected chi connectivity index (χ3v) is 2.23. The SMILES string of the molecule is CN(C)Cc1nc(C(=O)c2ccc(F)cc2)no1. The second-order valence-corrected chi connectivity index (χ2v) is 4.09. The van der Waals surface area contributed by atoms with Crippen LogP contribution in [0.25, 0.3) is 0 Å². The summed E-state index contributed by atoms with van der Waals surface area (Å²) in [5, 5.41) is 3.61. The van der Waals surface area contributed by atoms with Gasteiger partial charge < -0.3 is 9.42 Å². The highest BCUT2D eigenvalue weighted by molar-refractivity contribution is 6.06. The van der Waals surface area contributed by atoms with Gasteiger partial charge in [0.1, 0.15) is 5.82 Å². The zero-order valence-electron chi connectivity index (χ0n) is 10.1. The highest BCUT2D eigenvalue weighted by Crippen LogP contribution is 2.09. The fourth-order valence-corrected chi connectivity index (χ4v) is 1.41. The van der Waals surface area contributed by atoms with Gasteiger partial charge in [0.05, 0.1) is 6.54 Å². The van der Waals surface area contributed by atoms with Crippen LogP contribution < -0.4 is 0 Å². The van der Waals surface area contributed by atoms with E-state index in [4.69, 9.17) is 4.52 Å². The van der Waals surface area contributed by atoms with Crippen molar-refractivity contribution in [2.24, 2.45) is 0 Å². The average Bonchev–Trinajstić information content (AvgIpc) is 2.76. The number of hydrogen-bond acceptors (Lipinski definition) is 5. The molecule has 0 unspecified atom stereocenters. The molecular formula is C12H12FN3O2. The summed E-state index contributed by atoms with van der Waals surface area (Å²) < 4.78 is 17.7. The number of hydrogen-bond donors (Lipinski definition) is 0. The molecular weight excluding hydrogens is 237 g/mol.